The van der Waals surface area contributed by atoms with Gasteiger partial charge in [-0.05, 0) is 37.3 Å². The van der Waals surface area contributed by atoms with Gasteiger partial charge in [0.25, 0.3) is 0 Å². The van der Waals surface area contributed by atoms with E-state index in [2.05, 4.69) is 13.8 Å². The van der Waals surface area contributed by atoms with Crippen LogP contribution in [0, 0.1) is 0 Å². The van der Waals surface area contributed by atoms with E-state index < -0.39 is 24.4 Å². The molecule has 7 heteroatoms. The molecular weight excluding hydrogens is 504 g/mol. The molecule has 1 fully saturated rings. The van der Waals surface area contributed by atoms with Crippen LogP contribution in [0.15, 0.2) is 0 Å². The van der Waals surface area contributed by atoms with Crippen LogP contribution in [0.3, 0.4) is 0 Å². The number of rotatable bonds is 24. The monoisotopic (exact) mass is 560 g/mol. The quantitative estimate of drug-likeness (QED) is 0.0915. The van der Waals surface area contributed by atoms with Gasteiger partial charge in [-0.2, -0.15) is 0 Å². The van der Waals surface area contributed by atoms with E-state index in [1.54, 1.807) is 0 Å². The zero-order chi connectivity index (χ0) is 27.1. The lowest BCUT2D eigenvalue weighted by Crippen LogP contribution is -2.45. The van der Waals surface area contributed by atoms with Gasteiger partial charge in [-0.15, -0.1) is 0 Å². The summed E-state index contributed by atoms with van der Waals surface area (Å²) in [5.74, 6) is 0. The van der Waals surface area contributed by atoms with E-state index >= 15 is 0 Å². The van der Waals surface area contributed by atoms with Gasteiger partial charge in [0.05, 0.1) is 13.2 Å². The van der Waals surface area contributed by atoms with Gasteiger partial charge < -0.3 is 24.4 Å². The lowest BCUT2D eigenvalue weighted by atomic mass is 10.1. The summed E-state index contributed by atoms with van der Waals surface area (Å²) >= 11 is 10.9. The largest absolute Gasteiger partial charge is 0.479 e. The molecule has 1 saturated heterocycles. The Labute approximate surface area is 238 Å². The summed E-state index contributed by atoms with van der Waals surface area (Å²) in [5.41, 5.74) is 0. The van der Waals surface area contributed by atoms with Crippen LogP contribution in [0.4, 0.5) is 0 Å². The van der Waals surface area contributed by atoms with E-state index in [4.69, 9.17) is 38.6 Å². The second-order valence-corrected chi connectivity index (χ2v) is 11.6. The highest BCUT2D eigenvalue weighted by Gasteiger charge is 2.44. The van der Waals surface area contributed by atoms with Crippen molar-refractivity contribution in [2.75, 3.05) is 13.2 Å². The van der Waals surface area contributed by atoms with Crippen molar-refractivity contribution in [1.82, 2.24) is 0 Å². The molecule has 0 bridgehead atoms. The summed E-state index contributed by atoms with van der Waals surface area (Å²) in [6, 6.07) is 0. The minimum absolute atomic E-state index is 0.140. The van der Waals surface area contributed by atoms with Crippen LogP contribution in [0.25, 0.3) is 0 Å². The first-order valence-corrected chi connectivity index (χ1v) is 16.1. The smallest absolute Gasteiger partial charge is 0.160 e. The van der Waals surface area contributed by atoms with Crippen molar-refractivity contribution in [2.24, 2.45) is 0 Å². The third-order valence-electron chi connectivity index (χ3n) is 7.23. The minimum Gasteiger partial charge on any atom is -0.479 e. The maximum Gasteiger partial charge on any atom is 0.160 e. The predicted octanol–water partition coefficient (Wildman–Crippen LogP) is 8.01. The molecule has 1 aliphatic rings. The lowest BCUT2D eigenvalue weighted by molar-refractivity contribution is -0.0577. The second-order valence-electron chi connectivity index (χ2n) is 10.7. The average molecular weight is 561 g/mol. The molecular formula is C30H56O5S2. The molecule has 0 unspecified atom stereocenters. The Morgan fingerprint density at radius 2 is 1.16 bits per heavy atom. The van der Waals surface area contributed by atoms with Crippen LogP contribution in [-0.4, -0.2) is 57.9 Å². The first-order chi connectivity index (χ1) is 18.0. The van der Waals surface area contributed by atoms with Gasteiger partial charge in [0.15, 0.2) is 22.3 Å². The Morgan fingerprint density at radius 1 is 0.730 bits per heavy atom. The highest BCUT2D eigenvalue weighted by molar-refractivity contribution is 7.80. The normalized spacial score (nSPS) is 20.2. The second kappa shape index (κ2) is 23.5. The number of ether oxygens (including phenoxy) is 3. The lowest BCUT2D eigenvalue weighted by Gasteiger charge is -2.28. The van der Waals surface area contributed by atoms with E-state index in [9.17, 15) is 10.2 Å². The summed E-state index contributed by atoms with van der Waals surface area (Å²) in [6.07, 6.45) is 21.2. The molecule has 0 saturated carbocycles. The number of thiocarbonyl (C=S) groups is 2. The number of aliphatic hydroxyl groups is 2. The van der Waals surface area contributed by atoms with Crippen molar-refractivity contribution < 1.29 is 24.4 Å². The predicted molar refractivity (Wildman–Crippen MR) is 161 cm³/mol. The first kappa shape index (κ1) is 34.7. The molecule has 0 aromatic carbocycles. The van der Waals surface area contributed by atoms with Crippen molar-refractivity contribution in [3.63, 3.8) is 0 Å². The number of hydrogen-bond acceptors (Lipinski definition) is 7. The van der Waals surface area contributed by atoms with Gasteiger partial charge in [0.1, 0.15) is 12.2 Å². The Bertz CT molecular complexity index is 574. The number of unbranched alkanes of at least 4 members (excludes halogenated alkanes) is 16. The molecule has 1 rings (SSSR count). The van der Waals surface area contributed by atoms with Gasteiger partial charge in [-0.1, -0.05) is 117 Å². The summed E-state index contributed by atoms with van der Waals surface area (Å²) in [5, 5.41) is 21.4. The Kier molecular flexibility index (Phi) is 22.1. The van der Waals surface area contributed by atoms with Gasteiger partial charge in [0, 0.05) is 12.8 Å². The van der Waals surface area contributed by atoms with E-state index in [-0.39, 0.29) is 13.2 Å². The topological polar surface area (TPSA) is 68.2 Å². The first-order valence-electron chi connectivity index (χ1n) is 15.3. The number of hydrogen-bond donors (Lipinski definition) is 2. The molecule has 0 spiro atoms. The van der Waals surface area contributed by atoms with Gasteiger partial charge in [-0.25, -0.2) is 0 Å². The third kappa shape index (κ3) is 17.1. The summed E-state index contributed by atoms with van der Waals surface area (Å²) in [4.78, 5) is 0. The van der Waals surface area contributed by atoms with E-state index in [1.165, 1.54) is 89.9 Å². The summed E-state index contributed by atoms with van der Waals surface area (Å²) in [6.45, 7) is 4.38. The van der Waals surface area contributed by atoms with E-state index in [0.29, 0.717) is 22.9 Å². The van der Waals surface area contributed by atoms with Crippen molar-refractivity contribution in [3.05, 3.63) is 0 Å². The van der Waals surface area contributed by atoms with Crippen molar-refractivity contribution in [1.29, 1.82) is 0 Å². The van der Waals surface area contributed by atoms with Gasteiger partial charge in [0.2, 0.25) is 0 Å². The van der Waals surface area contributed by atoms with Crippen LogP contribution in [0.2, 0.25) is 0 Å². The van der Waals surface area contributed by atoms with Crippen LogP contribution >= 0.6 is 24.4 Å². The van der Waals surface area contributed by atoms with E-state index in [1.807, 2.05) is 0 Å². The average Bonchev–Trinajstić information content (AvgIpc) is 3.24. The molecule has 0 aromatic rings. The Balaban J connectivity index is 2.25. The Hall–Kier alpha value is -0.340. The van der Waals surface area contributed by atoms with Crippen LogP contribution in [0.1, 0.15) is 142 Å². The zero-order valence-electron chi connectivity index (χ0n) is 23.8. The molecule has 5 nitrogen and oxygen atoms in total. The molecule has 0 radical (unpaired) electrons. The fourth-order valence-electron chi connectivity index (χ4n) is 4.89. The summed E-state index contributed by atoms with van der Waals surface area (Å²) in [7, 11) is 0. The fourth-order valence-corrected chi connectivity index (χ4v) is 5.41. The highest BCUT2D eigenvalue weighted by Crippen LogP contribution is 2.25. The van der Waals surface area contributed by atoms with Crippen LogP contribution < -0.4 is 0 Å². The molecule has 0 amide bonds. The minimum atomic E-state index is -0.797. The molecule has 1 aliphatic heterocycles. The van der Waals surface area contributed by atoms with Crippen molar-refractivity contribution in [2.45, 2.75) is 167 Å². The molecule has 37 heavy (non-hydrogen) atoms. The van der Waals surface area contributed by atoms with Crippen LogP contribution in [-0.2, 0) is 14.2 Å². The van der Waals surface area contributed by atoms with E-state index in [0.717, 1.165) is 25.7 Å². The maximum atomic E-state index is 10.4. The fraction of sp³-hybridized carbons (Fsp3) is 0.933. The SMILES string of the molecule is CCCCCCCCCCCC(=S)O[C@H]1[C@@H]([C@@H](CO)OC(=S)CCCCCCCCCCC)OC[C@@H]1O. The van der Waals surface area contributed by atoms with Gasteiger partial charge >= 0.3 is 0 Å². The standard InChI is InChI=1S/C30H56O5S2/c1-3-5-7-9-11-13-15-17-19-21-27(36)34-26(23-31)30-29(25(32)24-33-30)35-28(37)22-20-18-16-14-12-10-8-6-4-2/h25-26,29-32H,3-24H2,1-2H3/t25-,26+,29+,30+/m0/s1. The zero-order valence-corrected chi connectivity index (χ0v) is 25.4. The molecule has 1 heterocycles. The third-order valence-corrected chi connectivity index (χ3v) is 7.83. The van der Waals surface area contributed by atoms with Crippen LogP contribution in [0.5, 0.6) is 0 Å². The molecule has 0 aliphatic carbocycles. The Morgan fingerprint density at radius 3 is 1.62 bits per heavy atom. The molecule has 4 atom stereocenters. The highest BCUT2D eigenvalue weighted by atomic mass is 32.1. The van der Waals surface area contributed by atoms with Gasteiger partial charge in [-0.3, -0.25) is 0 Å². The maximum absolute atomic E-state index is 10.4. The van der Waals surface area contributed by atoms with Crippen molar-refractivity contribution >= 4 is 34.5 Å². The molecule has 2 N–H and O–H groups in total. The summed E-state index contributed by atoms with van der Waals surface area (Å²) < 4.78 is 17.6. The number of aliphatic hydroxyl groups excluding tert-OH is 2. The molecule has 0 aromatic heterocycles. The molecule has 218 valence electrons. The van der Waals surface area contributed by atoms with Crippen molar-refractivity contribution in [3.8, 4) is 0 Å².